The summed E-state index contributed by atoms with van der Waals surface area (Å²) in [7, 11) is -3.96. The lowest BCUT2D eigenvalue weighted by Gasteiger charge is -2.28. The Hall–Kier alpha value is -2.48. The maximum absolute atomic E-state index is 13.3. The highest BCUT2D eigenvalue weighted by Gasteiger charge is 2.23. The largest absolute Gasteiger partial charge is 0.312 e. The molecule has 0 aromatic heterocycles. The number of nitrogens with one attached hydrogen (secondary N) is 1. The van der Waals surface area contributed by atoms with Crippen molar-refractivity contribution in [3.8, 4) is 0 Å². The topological polar surface area (TPSA) is 66.5 Å². The molecule has 0 aliphatic carbocycles. The van der Waals surface area contributed by atoms with Crippen LogP contribution < -0.4 is 9.62 Å². The Morgan fingerprint density at radius 1 is 1.12 bits per heavy atom. The fraction of sp³-hybridized carbons (Fsp3) is 0.235. The number of carbonyl (C=O) groups is 1. The molecule has 1 aliphatic rings. The Labute approximate surface area is 144 Å². The van der Waals surface area contributed by atoms with E-state index < -0.39 is 21.7 Å². The van der Waals surface area contributed by atoms with Gasteiger partial charge in [-0.2, -0.15) is 0 Å². The molecule has 0 saturated heterocycles. The lowest BCUT2D eigenvalue weighted by Crippen LogP contribution is -2.33. The Bertz CT molecular complexity index is 945. The molecular weight excluding hydrogens is 350 g/mol. The van der Waals surface area contributed by atoms with E-state index in [1.807, 2.05) is 0 Å². The monoisotopic (exact) mass is 366 g/mol. The van der Waals surface area contributed by atoms with Crippen molar-refractivity contribution in [3.63, 3.8) is 0 Å². The first-order valence-electron chi connectivity index (χ1n) is 7.67. The zero-order valence-electron chi connectivity index (χ0n) is 13.4. The fourth-order valence-corrected chi connectivity index (χ4v) is 3.94. The van der Waals surface area contributed by atoms with Crippen molar-refractivity contribution in [1.82, 2.24) is 0 Å². The second kappa shape index (κ2) is 6.44. The summed E-state index contributed by atoms with van der Waals surface area (Å²) in [6, 6.07) is 7.27. The van der Waals surface area contributed by atoms with Crippen LogP contribution in [0.1, 0.15) is 18.9 Å². The van der Waals surface area contributed by atoms with Crippen LogP contribution in [0.2, 0.25) is 0 Å². The Balaban J connectivity index is 1.92. The molecule has 1 N–H and O–H groups in total. The van der Waals surface area contributed by atoms with Gasteiger partial charge in [0.25, 0.3) is 10.0 Å². The van der Waals surface area contributed by atoms with E-state index >= 15 is 0 Å². The van der Waals surface area contributed by atoms with E-state index in [4.69, 9.17) is 0 Å². The maximum atomic E-state index is 13.3. The average Bonchev–Trinajstić information content (AvgIpc) is 2.56. The summed E-state index contributed by atoms with van der Waals surface area (Å²) in [5, 5.41) is 0. The van der Waals surface area contributed by atoms with Gasteiger partial charge in [-0.1, -0.05) is 0 Å². The molecule has 0 fully saturated rings. The molecule has 2 aromatic rings. The van der Waals surface area contributed by atoms with Gasteiger partial charge in [-0.05, 0) is 48.7 Å². The molecule has 8 heteroatoms. The second-order valence-electron chi connectivity index (χ2n) is 5.80. The fourth-order valence-electron chi connectivity index (χ4n) is 2.84. The van der Waals surface area contributed by atoms with Crippen molar-refractivity contribution >= 4 is 27.3 Å². The SMILES string of the molecule is CC(=O)N1CCCc2cc(S(=O)(=O)Nc3ccc(F)c(F)c3)ccc21. The highest BCUT2D eigenvalue weighted by atomic mass is 32.2. The third-order valence-electron chi connectivity index (χ3n) is 4.03. The van der Waals surface area contributed by atoms with Gasteiger partial charge in [-0.3, -0.25) is 9.52 Å². The highest BCUT2D eigenvalue weighted by Crippen LogP contribution is 2.30. The summed E-state index contributed by atoms with van der Waals surface area (Å²) in [5.74, 6) is -2.29. The van der Waals surface area contributed by atoms with Crippen LogP contribution in [0, 0.1) is 11.6 Å². The molecule has 2 aromatic carbocycles. The molecule has 5 nitrogen and oxygen atoms in total. The average molecular weight is 366 g/mol. The van der Waals surface area contributed by atoms with Gasteiger partial charge in [0.15, 0.2) is 11.6 Å². The minimum atomic E-state index is -3.96. The number of hydrogen-bond donors (Lipinski definition) is 1. The van der Waals surface area contributed by atoms with Crippen molar-refractivity contribution in [3.05, 3.63) is 53.6 Å². The van der Waals surface area contributed by atoms with Crippen LogP contribution in [0.4, 0.5) is 20.2 Å². The van der Waals surface area contributed by atoms with Gasteiger partial charge in [-0.15, -0.1) is 0 Å². The highest BCUT2D eigenvalue weighted by molar-refractivity contribution is 7.92. The van der Waals surface area contributed by atoms with Crippen molar-refractivity contribution < 1.29 is 22.0 Å². The van der Waals surface area contributed by atoms with Crippen LogP contribution in [-0.2, 0) is 21.2 Å². The van der Waals surface area contributed by atoms with Crippen LogP contribution in [0.3, 0.4) is 0 Å². The predicted molar refractivity (Wildman–Crippen MR) is 90.0 cm³/mol. The summed E-state index contributed by atoms with van der Waals surface area (Å²) in [5.41, 5.74) is 1.39. The molecule has 0 spiro atoms. The Morgan fingerprint density at radius 2 is 1.88 bits per heavy atom. The molecule has 25 heavy (non-hydrogen) atoms. The molecule has 0 atom stereocenters. The molecule has 0 radical (unpaired) electrons. The van der Waals surface area contributed by atoms with Crippen LogP contribution in [-0.4, -0.2) is 20.9 Å². The molecular formula is C17H16F2N2O3S. The van der Waals surface area contributed by atoms with E-state index in [0.29, 0.717) is 18.7 Å². The number of amides is 1. The molecule has 1 aliphatic heterocycles. The van der Waals surface area contributed by atoms with Crippen molar-refractivity contribution in [1.29, 1.82) is 0 Å². The van der Waals surface area contributed by atoms with Crippen LogP contribution >= 0.6 is 0 Å². The van der Waals surface area contributed by atoms with E-state index in [0.717, 1.165) is 30.2 Å². The summed E-state index contributed by atoms with van der Waals surface area (Å²) < 4.78 is 53.4. The lowest BCUT2D eigenvalue weighted by atomic mass is 10.0. The predicted octanol–water partition coefficient (Wildman–Crippen LogP) is 3.06. The summed E-state index contributed by atoms with van der Waals surface area (Å²) >= 11 is 0. The van der Waals surface area contributed by atoms with Crippen molar-refractivity contribution in [2.24, 2.45) is 0 Å². The van der Waals surface area contributed by atoms with E-state index in [2.05, 4.69) is 4.72 Å². The molecule has 3 rings (SSSR count). The minimum absolute atomic E-state index is 0.00128. The van der Waals surface area contributed by atoms with Crippen molar-refractivity contribution in [2.45, 2.75) is 24.7 Å². The van der Waals surface area contributed by atoms with Gasteiger partial charge in [0.2, 0.25) is 5.91 Å². The quantitative estimate of drug-likeness (QED) is 0.908. The Morgan fingerprint density at radius 3 is 2.56 bits per heavy atom. The third kappa shape index (κ3) is 3.48. The lowest BCUT2D eigenvalue weighted by molar-refractivity contribution is -0.116. The number of benzene rings is 2. The number of fused-ring (bicyclic) bond motifs is 1. The first-order chi connectivity index (χ1) is 11.8. The number of sulfonamides is 1. The van der Waals surface area contributed by atoms with Gasteiger partial charge in [-0.25, -0.2) is 17.2 Å². The maximum Gasteiger partial charge on any atom is 0.261 e. The normalized spacial score (nSPS) is 14.1. The van der Waals surface area contributed by atoms with Gasteiger partial charge in [0, 0.05) is 25.2 Å². The number of nitrogens with zero attached hydrogens (tertiary/aromatic N) is 1. The van der Waals surface area contributed by atoms with E-state index in [1.165, 1.54) is 19.1 Å². The molecule has 132 valence electrons. The molecule has 0 unspecified atom stereocenters. The van der Waals surface area contributed by atoms with E-state index in [9.17, 15) is 22.0 Å². The third-order valence-corrected chi connectivity index (χ3v) is 5.41. The number of aryl methyl sites for hydroxylation is 1. The van der Waals surface area contributed by atoms with Gasteiger partial charge < -0.3 is 4.90 Å². The first-order valence-corrected chi connectivity index (χ1v) is 9.15. The molecule has 0 saturated carbocycles. The van der Waals surface area contributed by atoms with Crippen LogP contribution in [0.5, 0.6) is 0 Å². The van der Waals surface area contributed by atoms with Gasteiger partial charge >= 0.3 is 0 Å². The standard InChI is InChI=1S/C17H16F2N2O3S/c1-11(22)21-8-2-3-12-9-14(5-7-17(12)21)25(23,24)20-13-4-6-15(18)16(19)10-13/h4-7,9-10,20H,2-3,8H2,1H3. The molecule has 1 amide bonds. The second-order valence-corrected chi connectivity index (χ2v) is 7.48. The van der Waals surface area contributed by atoms with E-state index in [1.54, 1.807) is 11.0 Å². The Kier molecular flexibility index (Phi) is 4.47. The number of hydrogen-bond acceptors (Lipinski definition) is 3. The smallest absolute Gasteiger partial charge is 0.261 e. The number of halogens is 2. The number of rotatable bonds is 3. The van der Waals surface area contributed by atoms with Gasteiger partial charge in [0.1, 0.15) is 0 Å². The zero-order valence-corrected chi connectivity index (χ0v) is 14.2. The summed E-state index contributed by atoms with van der Waals surface area (Å²) in [6.45, 7) is 2.06. The first kappa shape index (κ1) is 17.3. The molecule has 1 heterocycles. The summed E-state index contributed by atoms with van der Waals surface area (Å²) in [4.78, 5) is 13.3. The molecule has 0 bridgehead atoms. The zero-order chi connectivity index (χ0) is 18.2. The number of anilines is 2. The van der Waals surface area contributed by atoms with Gasteiger partial charge in [0.05, 0.1) is 10.6 Å². The summed E-state index contributed by atoms with van der Waals surface area (Å²) in [6.07, 6.45) is 1.40. The minimum Gasteiger partial charge on any atom is -0.312 e. The van der Waals surface area contributed by atoms with Crippen LogP contribution in [0.25, 0.3) is 0 Å². The van der Waals surface area contributed by atoms with Crippen molar-refractivity contribution in [2.75, 3.05) is 16.2 Å². The number of carbonyl (C=O) groups excluding carboxylic acids is 1. The van der Waals surface area contributed by atoms with Crippen LogP contribution in [0.15, 0.2) is 41.3 Å². The van der Waals surface area contributed by atoms with E-state index in [-0.39, 0.29) is 16.5 Å².